The quantitative estimate of drug-likeness (QED) is 0.823. The summed E-state index contributed by atoms with van der Waals surface area (Å²) in [7, 11) is -3.64. The maximum atomic E-state index is 12.4. The molecular formula is C13H18BrClN2O2S. The number of hydrogen-bond donors (Lipinski definition) is 2. The van der Waals surface area contributed by atoms with Gasteiger partial charge in [-0.05, 0) is 37.0 Å². The van der Waals surface area contributed by atoms with E-state index in [0.717, 1.165) is 30.2 Å². The van der Waals surface area contributed by atoms with E-state index in [0.29, 0.717) is 12.5 Å². The predicted octanol–water partition coefficient (Wildman–Crippen LogP) is 2.90. The molecule has 112 valence electrons. The molecule has 20 heavy (non-hydrogen) atoms. The molecule has 1 aromatic carbocycles. The monoisotopic (exact) mass is 380 g/mol. The molecule has 1 unspecified atom stereocenters. The Balaban J connectivity index is 2.21. The van der Waals surface area contributed by atoms with E-state index >= 15 is 0 Å². The normalized spacial score (nSPS) is 18.4. The zero-order valence-electron chi connectivity index (χ0n) is 11.0. The van der Waals surface area contributed by atoms with Gasteiger partial charge in [0, 0.05) is 17.1 Å². The van der Waals surface area contributed by atoms with Crippen molar-refractivity contribution in [2.75, 3.05) is 6.54 Å². The zero-order chi connectivity index (χ0) is 14.8. The van der Waals surface area contributed by atoms with Gasteiger partial charge in [0.2, 0.25) is 10.0 Å². The summed E-state index contributed by atoms with van der Waals surface area (Å²) >= 11 is 9.28. The Morgan fingerprint density at radius 1 is 1.40 bits per heavy atom. The van der Waals surface area contributed by atoms with Crippen LogP contribution in [0.2, 0.25) is 5.02 Å². The first kappa shape index (κ1) is 16.2. The summed E-state index contributed by atoms with van der Waals surface area (Å²) in [5.74, 6) is 0.323. The second kappa shape index (κ2) is 6.75. The van der Waals surface area contributed by atoms with Gasteiger partial charge >= 0.3 is 0 Å². The number of rotatable bonds is 5. The van der Waals surface area contributed by atoms with Gasteiger partial charge in [0.05, 0.1) is 5.02 Å². The Labute approximate surface area is 133 Å². The fourth-order valence-electron chi connectivity index (χ4n) is 2.65. The Hall–Kier alpha value is -0.140. The van der Waals surface area contributed by atoms with Gasteiger partial charge in [0.1, 0.15) is 4.90 Å². The van der Waals surface area contributed by atoms with Gasteiger partial charge in [0.25, 0.3) is 0 Å². The van der Waals surface area contributed by atoms with Crippen LogP contribution >= 0.6 is 27.5 Å². The molecule has 1 aliphatic carbocycles. The molecule has 2 rings (SSSR count). The van der Waals surface area contributed by atoms with Crippen LogP contribution in [0.5, 0.6) is 0 Å². The van der Waals surface area contributed by atoms with Crippen LogP contribution in [0.4, 0.5) is 0 Å². The lowest BCUT2D eigenvalue weighted by molar-refractivity contribution is 0.405. The average molecular weight is 382 g/mol. The van der Waals surface area contributed by atoms with E-state index < -0.39 is 10.0 Å². The van der Waals surface area contributed by atoms with Gasteiger partial charge in [-0.3, -0.25) is 0 Å². The largest absolute Gasteiger partial charge is 0.329 e. The molecule has 0 aliphatic heterocycles. The van der Waals surface area contributed by atoms with E-state index in [1.165, 1.54) is 6.07 Å². The van der Waals surface area contributed by atoms with Crippen molar-refractivity contribution in [2.24, 2.45) is 11.7 Å². The lowest BCUT2D eigenvalue weighted by atomic mass is 9.99. The summed E-state index contributed by atoms with van der Waals surface area (Å²) in [5.41, 5.74) is 5.73. The van der Waals surface area contributed by atoms with E-state index in [1.807, 2.05) is 0 Å². The number of benzene rings is 1. The van der Waals surface area contributed by atoms with Gasteiger partial charge < -0.3 is 5.73 Å². The summed E-state index contributed by atoms with van der Waals surface area (Å²) in [6, 6.07) is 4.51. The van der Waals surface area contributed by atoms with Crippen molar-refractivity contribution < 1.29 is 8.42 Å². The van der Waals surface area contributed by atoms with E-state index in [-0.39, 0.29) is 16.0 Å². The van der Waals surface area contributed by atoms with Crippen LogP contribution in [0.1, 0.15) is 25.7 Å². The first-order valence-corrected chi connectivity index (χ1v) is 9.27. The minimum absolute atomic E-state index is 0.0961. The molecule has 0 heterocycles. The predicted molar refractivity (Wildman–Crippen MR) is 84.3 cm³/mol. The molecule has 1 saturated carbocycles. The van der Waals surface area contributed by atoms with Crippen molar-refractivity contribution in [3.63, 3.8) is 0 Å². The van der Waals surface area contributed by atoms with Crippen LogP contribution in [0.3, 0.4) is 0 Å². The highest BCUT2D eigenvalue weighted by Gasteiger charge is 2.29. The minimum Gasteiger partial charge on any atom is -0.329 e. The van der Waals surface area contributed by atoms with Gasteiger partial charge in [-0.1, -0.05) is 40.4 Å². The van der Waals surface area contributed by atoms with E-state index in [4.69, 9.17) is 17.3 Å². The Morgan fingerprint density at radius 3 is 2.60 bits per heavy atom. The van der Waals surface area contributed by atoms with Crippen molar-refractivity contribution in [3.8, 4) is 0 Å². The third-order valence-corrected chi connectivity index (χ3v) is 6.18. The first-order chi connectivity index (χ1) is 9.44. The maximum Gasteiger partial charge on any atom is 0.242 e. The standard InChI is InChI=1S/C13H18BrClN2O2S/c14-10-5-6-13(11(15)7-10)20(18,19)17-12(8-16)9-3-1-2-4-9/h5-7,9,12,17H,1-4,8,16H2. The Morgan fingerprint density at radius 2 is 2.05 bits per heavy atom. The van der Waals surface area contributed by atoms with Crippen LogP contribution in [0, 0.1) is 5.92 Å². The number of sulfonamides is 1. The molecule has 0 radical (unpaired) electrons. The number of nitrogens with one attached hydrogen (secondary N) is 1. The molecule has 0 amide bonds. The van der Waals surface area contributed by atoms with Gasteiger partial charge in [-0.25, -0.2) is 13.1 Å². The van der Waals surface area contributed by atoms with Crippen LogP contribution in [-0.2, 0) is 10.0 Å². The SMILES string of the molecule is NCC(NS(=O)(=O)c1ccc(Br)cc1Cl)C1CCCC1. The molecular weight excluding hydrogens is 364 g/mol. The van der Waals surface area contributed by atoms with E-state index in [9.17, 15) is 8.42 Å². The van der Waals surface area contributed by atoms with Gasteiger partial charge in [-0.2, -0.15) is 0 Å². The molecule has 1 aromatic rings. The fraction of sp³-hybridized carbons (Fsp3) is 0.538. The van der Waals surface area contributed by atoms with Crippen LogP contribution in [0.15, 0.2) is 27.6 Å². The zero-order valence-corrected chi connectivity index (χ0v) is 14.1. The second-order valence-corrected chi connectivity index (χ2v) is 8.09. The van der Waals surface area contributed by atoms with Crippen molar-refractivity contribution >= 4 is 37.6 Å². The molecule has 1 aliphatic rings. The minimum atomic E-state index is -3.64. The first-order valence-electron chi connectivity index (χ1n) is 6.61. The van der Waals surface area contributed by atoms with Crippen molar-refractivity contribution in [2.45, 2.75) is 36.6 Å². The van der Waals surface area contributed by atoms with Gasteiger partial charge in [-0.15, -0.1) is 0 Å². The smallest absolute Gasteiger partial charge is 0.242 e. The molecule has 0 bridgehead atoms. The molecule has 7 heteroatoms. The maximum absolute atomic E-state index is 12.4. The highest BCUT2D eigenvalue weighted by molar-refractivity contribution is 9.10. The van der Waals surface area contributed by atoms with Crippen LogP contribution < -0.4 is 10.5 Å². The summed E-state index contributed by atoms with van der Waals surface area (Å²) in [5, 5.41) is 0.203. The fourth-order valence-corrected chi connectivity index (χ4v) is 5.01. The number of hydrogen-bond acceptors (Lipinski definition) is 3. The third kappa shape index (κ3) is 3.74. The Kier molecular flexibility index (Phi) is 5.48. The molecule has 1 atom stereocenters. The topological polar surface area (TPSA) is 72.2 Å². The summed E-state index contributed by atoms with van der Waals surface area (Å²) in [6.45, 7) is 0.304. The van der Waals surface area contributed by atoms with Crippen molar-refractivity contribution in [1.82, 2.24) is 4.72 Å². The third-order valence-electron chi connectivity index (χ3n) is 3.71. The molecule has 3 N–H and O–H groups in total. The van der Waals surface area contributed by atoms with Crippen molar-refractivity contribution in [3.05, 3.63) is 27.7 Å². The van der Waals surface area contributed by atoms with Crippen LogP contribution in [-0.4, -0.2) is 21.0 Å². The van der Waals surface area contributed by atoms with E-state index in [1.54, 1.807) is 12.1 Å². The molecule has 0 aromatic heterocycles. The van der Waals surface area contributed by atoms with E-state index in [2.05, 4.69) is 20.7 Å². The second-order valence-electron chi connectivity index (χ2n) is 5.08. The van der Waals surface area contributed by atoms with Gasteiger partial charge in [0.15, 0.2) is 0 Å². The summed E-state index contributed by atoms with van der Waals surface area (Å²) in [4.78, 5) is 0.0961. The lowest BCUT2D eigenvalue weighted by Gasteiger charge is -2.23. The van der Waals surface area contributed by atoms with Crippen molar-refractivity contribution in [1.29, 1.82) is 0 Å². The number of halogens is 2. The number of nitrogens with two attached hydrogens (primary N) is 1. The molecule has 4 nitrogen and oxygen atoms in total. The molecule has 0 saturated heterocycles. The average Bonchev–Trinajstić information content (AvgIpc) is 2.89. The highest BCUT2D eigenvalue weighted by atomic mass is 79.9. The highest BCUT2D eigenvalue weighted by Crippen LogP contribution is 2.29. The van der Waals surface area contributed by atoms with Crippen LogP contribution in [0.25, 0.3) is 0 Å². The summed E-state index contributed by atoms with van der Waals surface area (Å²) in [6.07, 6.45) is 4.33. The molecule has 0 spiro atoms. The summed E-state index contributed by atoms with van der Waals surface area (Å²) < 4.78 is 28.3. The molecule has 1 fully saturated rings. The lowest BCUT2D eigenvalue weighted by Crippen LogP contribution is -2.44. The Bertz CT molecular complexity index is 574.